The Kier molecular flexibility index (Phi) is 4.19. The summed E-state index contributed by atoms with van der Waals surface area (Å²) >= 11 is 0. The van der Waals surface area contributed by atoms with Crippen LogP contribution in [0, 0.1) is 11.7 Å². The van der Waals surface area contributed by atoms with Gasteiger partial charge in [-0.15, -0.1) is 0 Å². The number of fused-ring (bicyclic) bond motifs is 1. The lowest BCUT2D eigenvalue weighted by atomic mass is 9.71. The van der Waals surface area contributed by atoms with Crippen molar-refractivity contribution in [1.82, 2.24) is 10.1 Å². The highest BCUT2D eigenvalue weighted by molar-refractivity contribution is 5.81. The van der Waals surface area contributed by atoms with Crippen molar-refractivity contribution in [2.24, 2.45) is 5.92 Å². The first-order valence-corrected chi connectivity index (χ1v) is 10.1. The van der Waals surface area contributed by atoms with Gasteiger partial charge in [0.2, 0.25) is 5.91 Å². The molecule has 1 saturated carbocycles. The number of carbonyl (C=O) groups is 1. The van der Waals surface area contributed by atoms with E-state index in [4.69, 9.17) is 9.26 Å². The molecule has 144 valence electrons. The number of hydrogen-bond donors (Lipinski definition) is 0. The number of nitrogens with zero attached hydrogens (tertiary/aromatic N) is 2. The topological polar surface area (TPSA) is 55.6 Å². The van der Waals surface area contributed by atoms with Gasteiger partial charge >= 0.3 is 0 Å². The predicted octanol–water partition coefficient (Wildman–Crippen LogP) is 4.02. The van der Waals surface area contributed by atoms with Gasteiger partial charge in [-0.25, -0.2) is 4.39 Å². The minimum atomic E-state index is -0.314. The Morgan fingerprint density at radius 1 is 1.22 bits per heavy atom. The average Bonchev–Trinajstić information content (AvgIpc) is 3.09. The normalized spacial score (nSPS) is 25.7. The molecule has 0 N–H and O–H groups in total. The monoisotopic (exact) mass is 372 g/mol. The van der Waals surface area contributed by atoms with Crippen molar-refractivity contribution in [2.45, 2.75) is 56.5 Å². The SMILES string of the molecule is O=C(C1CCOC2(CCC2)C1)N1CCC(c2noc3cc(F)ccc23)CC1. The molecule has 0 radical (unpaired) electrons. The molecule has 3 heterocycles. The van der Waals surface area contributed by atoms with Crippen LogP contribution in [0.5, 0.6) is 0 Å². The highest BCUT2D eigenvalue weighted by atomic mass is 19.1. The van der Waals surface area contributed by atoms with Crippen molar-refractivity contribution >= 4 is 16.9 Å². The fourth-order valence-electron chi connectivity index (χ4n) is 5.01. The van der Waals surface area contributed by atoms with E-state index < -0.39 is 0 Å². The van der Waals surface area contributed by atoms with E-state index in [1.807, 2.05) is 4.90 Å². The van der Waals surface area contributed by atoms with Crippen LogP contribution in [0.3, 0.4) is 0 Å². The summed E-state index contributed by atoms with van der Waals surface area (Å²) in [5.41, 5.74) is 1.40. The third-order valence-corrected chi connectivity index (χ3v) is 6.76. The maximum absolute atomic E-state index is 13.3. The van der Waals surface area contributed by atoms with Crippen molar-refractivity contribution < 1.29 is 18.4 Å². The van der Waals surface area contributed by atoms with Gasteiger partial charge < -0.3 is 14.2 Å². The number of hydrogen-bond acceptors (Lipinski definition) is 4. The molecule has 1 aliphatic carbocycles. The van der Waals surface area contributed by atoms with Gasteiger partial charge in [0.15, 0.2) is 5.58 Å². The van der Waals surface area contributed by atoms with Gasteiger partial charge in [-0.3, -0.25) is 4.79 Å². The lowest BCUT2D eigenvalue weighted by molar-refractivity contribution is -0.163. The Labute approximate surface area is 157 Å². The number of piperidine rings is 1. The largest absolute Gasteiger partial charge is 0.375 e. The summed E-state index contributed by atoms with van der Waals surface area (Å²) in [7, 11) is 0. The number of amides is 1. The second kappa shape index (κ2) is 6.59. The van der Waals surface area contributed by atoms with Crippen LogP contribution in [-0.4, -0.2) is 41.3 Å². The van der Waals surface area contributed by atoms with Crippen LogP contribution in [0.25, 0.3) is 11.0 Å². The standard InChI is InChI=1S/C21H25FN2O3/c22-16-2-3-17-18(12-16)27-23-19(17)14-4-9-24(10-5-14)20(25)15-6-11-26-21(13-15)7-1-8-21/h2-3,12,14-15H,1,4-11,13H2. The molecule has 0 bridgehead atoms. The fourth-order valence-corrected chi connectivity index (χ4v) is 5.01. The zero-order chi connectivity index (χ0) is 18.4. The molecule has 1 amide bonds. The zero-order valence-corrected chi connectivity index (χ0v) is 15.5. The molecular weight excluding hydrogens is 347 g/mol. The van der Waals surface area contributed by atoms with Crippen molar-refractivity contribution in [3.63, 3.8) is 0 Å². The summed E-state index contributed by atoms with van der Waals surface area (Å²) in [5, 5.41) is 5.08. The van der Waals surface area contributed by atoms with Gasteiger partial charge in [-0.2, -0.15) is 0 Å². The summed E-state index contributed by atoms with van der Waals surface area (Å²) in [6, 6.07) is 4.57. The van der Waals surface area contributed by atoms with Crippen molar-refractivity contribution in [3.8, 4) is 0 Å². The summed E-state index contributed by atoms with van der Waals surface area (Å²) in [5.74, 6) is 0.362. The minimum Gasteiger partial charge on any atom is -0.375 e. The molecule has 3 aliphatic rings. The molecule has 1 aromatic carbocycles. The number of ether oxygens (including phenoxy) is 1. The van der Waals surface area contributed by atoms with Crippen LogP contribution >= 0.6 is 0 Å². The number of carbonyl (C=O) groups excluding carboxylic acids is 1. The molecule has 1 unspecified atom stereocenters. The van der Waals surface area contributed by atoms with Gasteiger partial charge in [-0.1, -0.05) is 5.16 Å². The first-order valence-electron chi connectivity index (χ1n) is 10.1. The molecule has 6 heteroatoms. The Morgan fingerprint density at radius 2 is 2.04 bits per heavy atom. The van der Waals surface area contributed by atoms with E-state index in [-0.39, 0.29) is 23.3 Å². The van der Waals surface area contributed by atoms with E-state index in [0.717, 1.165) is 62.7 Å². The number of benzene rings is 1. The molecule has 3 fully saturated rings. The van der Waals surface area contributed by atoms with E-state index in [2.05, 4.69) is 5.16 Å². The average molecular weight is 372 g/mol. The van der Waals surface area contributed by atoms with E-state index in [0.29, 0.717) is 18.1 Å². The van der Waals surface area contributed by atoms with Crippen LogP contribution in [0.15, 0.2) is 22.7 Å². The Morgan fingerprint density at radius 3 is 2.78 bits per heavy atom. The number of likely N-dealkylation sites (tertiary alicyclic amines) is 1. The summed E-state index contributed by atoms with van der Waals surface area (Å²) in [4.78, 5) is 15.0. The number of aromatic nitrogens is 1. The molecule has 2 aromatic rings. The Hall–Kier alpha value is -1.95. The summed E-state index contributed by atoms with van der Waals surface area (Å²) in [6.07, 6.45) is 6.93. The maximum atomic E-state index is 13.3. The van der Waals surface area contributed by atoms with Gasteiger partial charge in [0, 0.05) is 43.0 Å². The van der Waals surface area contributed by atoms with Gasteiger partial charge in [0.1, 0.15) is 5.82 Å². The van der Waals surface area contributed by atoms with Crippen LogP contribution in [-0.2, 0) is 9.53 Å². The van der Waals surface area contributed by atoms with Crippen LogP contribution in [0.1, 0.15) is 56.6 Å². The van der Waals surface area contributed by atoms with Gasteiger partial charge in [0.25, 0.3) is 0 Å². The fraction of sp³-hybridized carbons (Fsp3) is 0.619. The van der Waals surface area contributed by atoms with E-state index in [9.17, 15) is 9.18 Å². The molecule has 2 aliphatic heterocycles. The predicted molar refractivity (Wildman–Crippen MR) is 97.8 cm³/mol. The van der Waals surface area contributed by atoms with E-state index >= 15 is 0 Å². The minimum absolute atomic E-state index is 0.00575. The number of rotatable bonds is 2. The van der Waals surface area contributed by atoms with Crippen LogP contribution in [0.2, 0.25) is 0 Å². The van der Waals surface area contributed by atoms with Crippen LogP contribution in [0.4, 0.5) is 4.39 Å². The lowest BCUT2D eigenvalue weighted by Gasteiger charge is -2.47. The molecule has 5 rings (SSSR count). The second-order valence-electron chi connectivity index (χ2n) is 8.38. The Balaban J connectivity index is 1.24. The summed E-state index contributed by atoms with van der Waals surface area (Å²) in [6.45, 7) is 2.22. The van der Waals surface area contributed by atoms with Crippen LogP contribution < -0.4 is 0 Å². The van der Waals surface area contributed by atoms with E-state index in [1.54, 1.807) is 6.07 Å². The molecule has 27 heavy (non-hydrogen) atoms. The third-order valence-electron chi connectivity index (χ3n) is 6.76. The van der Waals surface area contributed by atoms with Crippen molar-refractivity contribution in [3.05, 3.63) is 29.7 Å². The molecule has 1 spiro atoms. The Bertz CT molecular complexity index is 852. The molecule has 5 nitrogen and oxygen atoms in total. The van der Waals surface area contributed by atoms with Crippen molar-refractivity contribution in [1.29, 1.82) is 0 Å². The highest BCUT2D eigenvalue weighted by Gasteiger charge is 2.45. The van der Waals surface area contributed by atoms with Gasteiger partial charge in [-0.05, 0) is 57.1 Å². The first kappa shape index (κ1) is 17.2. The molecule has 2 saturated heterocycles. The van der Waals surface area contributed by atoms with Gasteiger partial charge in [0.05, 0.1) is 11.3 Å². The molecular formula is C21H25FN2O3. The number of halogens is 1. The third kappa shape index (κ3) is 3.04. The maximum Gasteiger partial charge on any atom is 0.225 e. The second-order valence-corrected chi connectivity index (χ2v) is 8.38. The smallest absolute Gasteiger partial charge is 0.225 e. The quantitative estimate of drug-likeness (QED) is 0.799. The molecule has 1 aromatic heterocycles. The molecule has 1 atom stereocenters. The lowest BCUT2D eigenvalue weighted by Crippen LogP contribution is -2.50. The zero-order valence-electron chi connectivity index (χ0n) is 15.5. The van der Waals surface area contributed by atoms with E-state index in [1.165, 1.54) is 18.6 Å². The first-order chi connectivity index (χ1) is 13.1. The highest BCUT2D eigenvalue weighted by Crippen LogP contribution is 2.45. The summed E-state index contributed by atoms with van der Waals surface area (Å²) < 4.78 is 24.6. The van der Waals surface area contributed by atoms with Crippen molar-refractivity contribution in [2.75, 3.05) is 19.7 Å².